The van der Waals surface area contributed by atoms with Gasteiger partial charge < -0.3 is 56.8 Å². The molecule has 0 bridgehead atoms. The summed E-state index contributed by atoms with van der Waals surface area (Å²) >= 11 is 0. The molecule has 149 heavy (non-hydrogen) atoms. The zero-order valence-electron chi connectivity index (χ0n) is 98.3. The second-order valence-electron chi connectivity index (χ2n) is 43.8. The summed E-state index contributed by atoms with van der Waals surface area (Å²) in [7, 11) is 0. The fraction of sp³-hybridized carbons (Fsp3) is 0.897. The number of carbonyl (C=O) groups is 11. The second kappa shape index (κ2) is 105. The van der Waals surface area contributed by atoms with E-state index in [0.717, 1.165) is 385 Å². The van der Waals surface area contributed by atoms with Crippen LogP contribution in [-0.4, -0.2) is 141 Å². The third-order valence-corrected chi connectivity index (χ3v) is 28.9. The minimum atomic E-state index is -1.50. The van der Waals surface area contributed by atoms with Crippen LogP contribution in [0.5, 0.6) is 0 Å². The Morgan fingerprint density at radius 2 is 0.268 bits per heavy atom. The van der Waals surface area contributed by atoms with Crippen molar-refractivity contribution >= 4 is 65.7 Å². The van der Waals surface area contributed by atoms with E-state index in [-0.39, 0.29) is 143 Å². The number of ether oxygens (including phenoxy) is 12. The Kier molecular flexibility index (Phi) is 100. The van der Waals surface area contributed by atoms with Crippen LogP contribution in [0.4, 0.5) is 0 Å². The Labute approximate surface area is 911 Å². The van der Waals surface area contributed by atoms with E-state index < -0.39 is 29.3 Å². The summed E-state index contributed by atoms with van der Waals surface area (Å²) in [6, 6.07) is 0. The van der Waals surface area contributed by atoms with Gasteiger partial charge in [-0.3, -0.25) is 52.7 Å². The highest BCUT2D eigenvalue weighted by molar-refractivity contribution is 5.73. The molecule has 0 radical (unpaired) electrons. The average molecular weight is 2110 g/mol. The van der Waals surface area contributed by atoms with Crippen molar-refractivity contribution in [2.75, 3.05) is 26.4 Å². The van der Waals surface area contributed by atoms with Crippen molar-refractivity contribution in [2.45, 2.75) is 697 Å². The van der Waals surface area contributed by atoms with Crippen molar-refractivity contribution < 1.29 is 110 Å². The Morgan fingerprint density at radius 1 is 0.148 bits per heavy atom. The molecule has 0 aliphatic heterocycles. The zero-order valence-corrected chi connectivity index (χ0v) is 98.3. The molecule has 0 fully saturated rings. The third kappa shape index (κ3) is 91.7. The van der Waals surface area contributed by atoms with Crippen LogP contribution in [0.2, 0.25) is 0 Å². The summed E-state index contributed by atoms with van der Waals surface area (Å²) in [5.41, 5.74) is -1.50. The predicted octanol–water partition coefficient (Wildman–Crippen LogP) is 35.0. The largest absolute Gasteiger partial charge is 0.495 e. The van der Waals surface area contributed by atoms with Crippen LogP contribution in [0.1, 0.15) is 648 Å². The van der Waals surface area contributed by atoms with E-state index in [4.69, 9.17) is 56.8 Å². The van der Waals surface area contributed by atoms with Crippen molar-refractivity contribution in [3.63, 3.8) is 0 Å². The Morgan fingerprint density at radius 3 is 0.436 bits per heavy atom. The fourth-order valence-electron chi connectivity index (χ4n) is 19.2. The molecule has 0 heterocycles. The molecule has 0 aromatic carbocycles. The maximum atomic E-state index is 14.2. The van der Waals surface area contributed by atoms with E-state index in [1.54, 1.807) is 0 Å². The van der Waals surface area contributed by atoms with Crippen molar-refractivity contribution in [3.05, 3.63) is 12.3 Å². The number of rotatable bonds is 113. The van der Waals surface area contributed by atoms with Gasteiger partial charge in [0.15, 0.2) is 0 Å². The summed E-state index contributed by atoms with van der Waals surface area (Å²) in [6.07, 6.45) is 67.8. The molecule has 0 aliphatic rings. The minimum Gasteiger partial charge on any atom is -0.495 e. The minimum absolute atomic E-state index is 0.0108. The quantitative estimate of drug-likeness (QED) is 0.0236. The van der Waals surface area contributed by atoms with Gasteiger partial charge in [0.2, 0.25) is 0 Å². The van der Waals surface area contributed by atoms with Gasteiger partial charge in [-0.2, -0.15) is 0 Å². The van der Waals surface area contributed by atoms with Crippen LogP contribution in [-0.2, 0) is 110 Å². The first-order chi connectivity index (χ1) is 72.4. The summed E-state index contributed by atoms with van der Waals surface area (Å²) in [4.78, 5) is 149. The lowest BCUT2D eigenvalue weighted by molar-refractivity contribution is -0.171. The first-order valence-electron chi connectivity index (χ1n) is 62.8. The van der Waals surface area contributed by atoms with Crippen LogP contribution in [0.25, 0.3) is 0 Å². The molecule has 0 amide bonds. The summed E-state index contributed by atoms with van der Waals surface area (Å²) in [5.74, 6) is -2.43. The molecule has 8 unspecified atom stereocenters. The van der Waals surface area contributed by atoms with Crippen molar-refractivity contribution in [3.8, 4) is 0 Å². The highest BCUT2D eigenvalue weighted by Gasteiger charge is 2.39. The molecule has 0 saturated heterocycles. The van der Waals surface area contributed by atoms with E-state index >= 15 is 0 Å². The van der Waals surface area contributed by atoms with Gasteiger partial charge in [-0.05, 0) is 231 Å². The molecule has 23 nitrogen and oxygen atoms in total. The molecule has 8 atom stereocenters. The molecule has 23 heteroatoms. The summed E-state index contributed by atoms with van der Waals surface area (Å²) < 4.78 is 74.3. The highest BCUT2D eigenvalue weighted by atomic mass is 16.6. The number of hydrogen-bond donors (Lipinski definition) is 0. The molecule has 0 aromatic heterocycles. The zero-order chi connectivity index (χ0) is 110. The standard InChI is InChI=1S/C126H230O23/c1-14-26-38-62-75-107(142-106(13)74-54-30-18-5)94-95-111(146-122(134)90-58-34-22-9)79-66-46-42-50-70-83-115(127)138-102-126(103-139-116(128)84-71-51-43-47-67-80-112(147-123(135)91-59-35-23-10)99-96-108(76-63-39-27-15-2)143-119(131)87-55-31-19-6,104-140-117(129)85-72-52-44-48-68-81-113(148-124(136)92-60-36-24-11)100-97-109(77-64-40-28-16-3)144-120(132)88-56-32-20-7)105-141-118(130)86-73-53-45-49-69-82-114(149-125(137)93-61-37-25-12)101-98-110(78-65-41-29-17-4)145-121(133)89-57-33-21-8/h107-114H,13-105H2,1-12H3. The predicted molar refractivity (Wildman–Crippen MR) is 604 cm³/mol. The topological polar surface area (TPSA) is 299 Å². The molecule has 0 N–H and O–H groups in total. The SMILES string of the molecule is C=C(CCCCC)OC(CCCCCC)CCC(CCCCCCCC(=O)OCC(COC(=O)CCCCCCCC(CCC(CCCCCC)OC(=O)CCCCC)OC(=O)CCCCC)(COC(=O)CCCCCCCC(CCC(CCCCCC)OC(=O)CCCCC)OC(=O)CCCCC)COC(=O)CCCCCCCC(CCC(CCCCCC)OC(=O)CCCCC)OC(=O)CCCCC)OC(=O)CCCCC. The van der Waals surface area contributed by atoms with E-state index in [9.17, 15) is 52.7 Å². The molecular formula is C126H230O23. The summed E-state index contributed by atoms with van der Waals surface area (Å²) in [6.45, 7) is 28.5. The Hall–Kier alpha value is -6.29. The van der Waals surface area contributed by atoms with Crippen LogP contribution in [0.3, 0.4) is 0 Å². The number of allylic oxidation sites excluding steroid dienone is 1. The number of carbonyl (C=O) groups excluding carboxylic acids is 11. The number of hydrogen-bond acceptors (Lipinski definition) is 23. The molecule has 872 valence electrons. The van der Waals surface area contributed by atoms with E-state index in [1.165, 1.54) is 6.42 Å². The second-order valence-corrected chi connectivity index (χ2v) is 43.8. The van der Waals surface area contributed by atoms with Crippen LogP contribution < -0.4 is 0 Å². The van der Waals surface area contributed by atoms with Gasteiger partial charge in [0.05, 0.1) is 11.9 Å². The lowest BCUT2D eigenvalue weighted by Crippen LogP contribution is -2.44. The monoisotopic (exact) mass is 2110 g/mol. The maximum Gasteiger partial charge on any atom is 0.306 e. The van der Waals surface area contributed by atoms with Gasteiger partial charge in [0, 0.05) is 77.0 Å². The average Bonchev–Trinajstić information content (AvgIpc) is 0.848. The lowest BCUT2D eigenvalue weighted by atomic mass is 9.92. The molecule has 0 aromatic rings. The molecule has 0 saturated carbocycles. The molecule has 0 spiro atoms. The first-order valence-corrected chi connectivity index (χ1v) is 62.8. The normalized spacial score (nSPS) is 13.4. The van der Waals surface area contributed by atoms with Gasteiger partial charge in [-0.1, -0.05) is 346 Å². The van der Waals surface area contributed by atoms with Crippen molar-refractivity contribution in [1.82, 2.24) is 0 Å². The van der Waals surface area contributed by atoms with Crippen LogP contribution >= 0.6 is 0 Å². The maximum absolute atomic E-state index is 14.2. The smallest absolute Gasteiger partial charge is 0.306 e. The fourth-order valence-corrected chi connectivity index (χ4v) is 19.2. The van der Waals surface area contributed by atoms with Gasteiger partial charge >= 0.3 is 65.7 Å². The Bertz CT molecular complexity index is 2800. The van der Waals surface area contributed by atoms with E-state index in [0.29, 0.717) is 154 Å². The van der Waals surface area contributed by atoms with Crippen molar-refractivity contribution in [1.29, 1.82) is 0 Å². The highest BCUT2D eigenvalue weighted by Crippen LogP contribution is 2.31. The van der Waals surface area contributed by atoms with Crippen LogP contribution in [0.15, 0.2) is 12.3 Å². The Balaban J connectivity index is 7.40. The molecule has 0 rings (SSSR count). The molecular weight excluding hydrogens is 1880 g/mol. The van der Waals surface area contributed by atoms with Gasteiger partial charge in [-0.15, -0.1) is 0 Å². The molecule has 0 aliphatic carbocycles. The first kappa shape index (κ1) is 143. The van der Waals surface area contributed by atoms with E-state index in [1.807, 2.05) is 0 Å². The number of unbranched alkanes of at least 4 members (excludes halogenated alkanes) is 44. The lowest BCUT2D eigenvalue weighted by Gasteiger charge is -2.31. The third-order valence-electron chi connectivity index (χ3n) is 28.9. The van der Waals surface area contributed by atoms with Crippen molar-refractivity contribution in [2.24, 2.45) is 5.41 Å². The van der Waals surface area contributed by atoms with Gasteiger partial charge in [0.25, 0.3) is 0 Å². The van der Waals surface area contributed by atoms with Gasteiger partial charge in [-0.25, -0.2) is 0 Å². The van der Waals surface area contributed by atoms with Gasteiger partial charge in [0.1, 0.15) is 74.6 Å². The van der Waals surface area contributed by atoms with Crippen LogP contribution in [0, 0.1) is 5.41 Å². The summed E-state index contributed by atoms with van der Waals surface area (Å²) in [5, 5.41) is 0. The number of esters is 11. The van der Waals surface area contributed by atoms with E-state index in [2.05, 4.69) is 89.7 Å².